The average Bonchev–Trinajstić information content (AvgIpc) is 3.24. The molecule has 154 valence electrons. The van der Waals surface area contributed by atoms with E-state index in [2.05, 4.69) is 10.6 Å². The van der Waals surface area contributed by atoms with Gasteiger partial charge in [-0.1, -0.05) is 30.3 Å². The van der Waals surface area contributed by atoms with Crippen molar-refractivity contribution in [3.8, 4) is 0 Å². The van der Waals surface area contributed by atoms with Gasteiger partial charge < -0.3 is 9.84 Å². The van der Waals surface area contributed by atoms with Crippen LogP contribution in [-0.2, 0) is 20.7 Å². The Labute approximate surface area is 167 Å². The number of ketones is 1. The van der Waals surface area contributed by atoms with Crippen molar-refractivity contribution in [1.82, 2.24) is 10.6 Å². The highest BCUT2D eigenvalue weighted by Gasteiger charge is 2.46. The monoisotopic (exact) mass is 388 g/mol. The van der Waals surface area contributed by atoms with Crippen molar-refractivity contribution >= 4 is 11.8 Å². The first-order valence-electron chi connectivity index (χ1n) is 10.4. The molecule has 1 saturated carbocycles. The van der Waals surface area contributed by atoms with Gasteiger partial charge in [0.1, 0.15) is 12.3 Å². The molecule has 6 atom stereocenters. The number of esters is 1. The van der Waals surface area contributed by atoms with Crippen LogP contribution < -0.4 is 10.6 Å². The van der Waals surface area contributed by atoms with Gasteiger partial charge in [0.15, 0.2) is 5.78 Å². The number of Topliss-reactive ketones (excluding diaryl/α,β-unsaturated/α-hetero) is 1. The second-order valence-corrected chi connectivity index (χ2v) is 8.01. The Balaban J connectivity index is 1.60. The van der Waals surface area contributed by atoms with E-state index >= 15 is 0 Å². The van der Waals surface area contributed by atoms with Gasteiger partial charge in [-0.2, -0.15) is 0 Å². The molecule has 28 heavy (non-hydrogen) atoms. The predicted molar refractivity (Wildman–Crippen MR) is 107 cm³/mol. The van der Waals surface area contributed by atoms with Crippen LogP contribution in [0.3, 0.4) is 0 Å². The summed E-state index contributed by atoms with van der Waals surface area (Å²) in [6, 6.07) is 9.10. The maximum absolute atomic E-state index is 13.0. The first-order chi connectivity index (χ1) is 13.5. The van der Waals surface area contributed by atoms with Crippen molar-refractivity contribution < 1.29 is 19.4 Å². The number of hydrogen-bond acceptors (Lipinski definition) is 6. The molecule has 0 amide bonds. The molecule has 6 heteroatoms. The molecule has 1 aliphatic heterocycles. The number of benzene rings is 1. The molecule has 3 N–H and O–H groups in total. The number of aryl methyl sites for hydroxylation is 1. The van der Waals surface area contributed by atoms with Crippen LogP contribution in [0.5, 0.6) is 0 Å². The lowest BCUT2D eigenvalue weighted by molar-refractivity contribution is -0.146. The van der Waals surface area contributed by atoms with Crippen molar-refractivity contribution in [2.24, 2.45) is 11.8 Å². The number of aliphatic hydroxyl groups excluding tert-OH is 1. The third kappa shape index (κ3) is 4.99. The van der Waals surface area contributed by atoms with Crippen LogP contribution in [0.25, 0.3) is 0 Å². The lowest BCUT2D eigenvalue weighted by atomic mass is 9.91. The van der Waals surface area contributed by atoms with Crippen LogP contribution in [0.4, 0.5) is 0 Å². The average molecular weight is 389 g/mol. The molecule has 1 aliphatic carbocycles. The van der Waals surface area contributed by atoms with Gasteiger partial charge in [-0.05, 0) is 57.4 Å². The van der Waals surface area contributed by atoms with Gasteiger partial charge in [0.05, 0.1) is 12.6 Å². The van der Waals surface area contributed by atoms with Crippen LogP contribution in [0.15, 0.2) is 30.3 Å². The Morgan fingerprint density at radius 2 is 2.04 bits per heavy atom. The van der Waals surface area contributed by atoms with E-state index in [9.17, 15) is 14.7 Å². The minimum Gasteiger partial charge on any atom is -0.465 e. The summed E-state index contributed by atoms with van der Waals surface area (Å²) in [5.74, 6) is 0.0663. The first-order valence-corrected chi connectivity index (χ1v) is 10.4. The molecule has 1 saturated heterocycles. The summed E-state index contributed by atoms with van der Waals surface area (Å²) in [5.41, 5.74) is 1.15. The summed E-state index contributed by atoms with van der Waals surface area (Å²) < 4.78 is 5.22. The second-order valence-electron chi connectivity index (χ2n) is 8.01. The lowest BCUT2D eigenvalue weighted by Crippen LogP contribution is -2.50. The number of rotatable bonds is 9. The van der Waals surface area contributed by atoms with E-state index in [4.69, 9.17) is 4.74 Å². The van der Waals surface area contributed by atoms with Crippen LogP contribution >= 0.6 is 0 Å². The first kappa shape index (κ1) is 21.0. The molecule has 6 unspecified atom stereocenters. The molecule has 0 radical (unpaired) electrons. The highest BCUT2D eigenvalue weighted by atomic mass is 16.5. The van der Waals surface area contributed by atoms with E-state index in [1.165, 1.54) is 0 Å². The normalized spacial score (nSPS) is 28.5. The van der Waals surface area contributed by atoms with E-state index in [1.54, 1.807) is 6.92 Å². The van der Waals surface area contributed by atoms with Crippen LogP contribution in [0.2, 0.25) is 0 Å². The van der Waals surface area contributed by atoms with Crippen molar-refractivity contribution in [1.29, 1.82) is 0 Å². The van der Waals surface area contributed by atoms with Crippen molar-refractivity contribution in [3.05, 3.63) is 35.9 Å². The molecule has 2 fully saturated rings. The molecular weight excluding hydrogens is 356 g/mol. The zero-order valence-corrected chi connectivity index (χ0v) is 16.8. The highest BCUT2D eigenvalue weighted by Crippen LogP contribution is 2.39. The Kier molecular flexibility index (Phi) is 7.21. The van der Waals surface area contributed by atoms with Gasteiger partial charge in [-0.3, -0.25) is 20.2 Å². The smallest absolute Gasteiger partial charge is 0.323 e. The van der Waals surface area contributed by atoms with Crippen LogP contribution in [0.1, 0.15) is 45.1 Å². The maximum atomic E-state index is 13.0. The van der Waals surface area contributed by atoms with E-state index < -0.39 is 18.3 Å². The zero-order chi connectivity index (χ0) is 20.1. The minimum absolute atomic E-state index is 0.0529. The molecule has 3 rings (SSSR count). The van der Waals surface area contributed by atoms with Crippen LogP contribution in [0, 0.1) is 11.8 Å². The number of nitrogens with one attached hydrogen (secondary N) is 2. The topological polar surface area (TPSA) is 87.7 Å². The summed E-state index contributed by atoms with van der Waals surface area (Å²) in [7, 11) is 0. The second kappa shape index (κ2) is 9.63. The quantitative estimate of drug-likeness (QED) is 0.559. The van der Waals surface area contributed by atoms with Gasteiger partial charge in [0, 0.05) is 12.0 Å². The number of carbonyl (C=O) groups excluding carboxylic acids is 2. The molecule has 1 heterocycles. The largest absolute Gasteiger partial charge is 0.465 e. The highest BCUT2D eigenvalue weighted by molar-refractivity contribution is 5.88. The lowest BCUT2D eigenvalue weighted by Gasteiger charge is -2.26. The fraction of sp³-hybridized carbons (Fsp3) is 0.636. The van der Waals surface area contributed by atoms with Gasteiger partial charge in [-0.25, -0.2) is 0 Å². The number of aliphatic hydroxyl groups is 1. The molecule has 0 aromatic heterocycles. The van der Waals surface area contributed by atoms with E-state index in [1.807, 2.05) is 37.3 Å². The van der Waals surface area contributed by atoms with Crippen molar-refractivity contribution in [2.75, 3.05) is 6.61 Å². The molecule has 0 bridgehead atoms. The number of fused-ring (bicyclic) bond motifs is 1. The third-order valence-electron chi connectivity index (χ3n) is 6.08. The number of hydrogen-bond donors (Lipinski definition) is 3. The molecule has 1 aromatic rings. The predicted octanol–water partition coefficient (Wildman–Crippen LogP) is 1.80. The zero-order valence-electron chi connectivity index (χ0n) is 16.8. The summed E-state index contributed by atoms with van der Waals surface area (Å²) in [6.07, 6.45) is 3.33. The Hall–Kier alpha value is -1.76. The molecular formula is C22H32N2O4. The molecule has 6 nitrogen and oxygen atoms in total. The van der Waals surface area contributed by atoms with Gasteiger partial charge in [-0.15, -0.1) is 0 Å². The Bertz CT molecular complexity index is 666. The van der Waals surface area contributed by atoms with E-state index in [0.29, 0.717) is 18.9 Å². The standard InChI is InChI=1S/C22H32N2O4/c1-3-28-22(27)18(12-9-15-7-5-4-6-8-15)23-14(2)21(26)17-11-10-16-13-19(25)24-20(16)17/h4-8,14,16-20,23-25H,3,9-13H2,1-2H3. The summed E-state index contributed by atoms with van der Waals surface area (Å²) in [5, 5.41) is 16.2. The number of carbonyl (C=O) groups is 2. The van der Waals surface area contributed by atoms with Gasteiger partial charge in [0.2, 0.25) is 0 Å². The summed E-state index contributed by atoms with van der Waals surface area (Å²) in [6.45, 7) is 3.94. The molecule has 0 spiro atoms. The fourth-order valence-electron chi connectivity index (χ4n) is 4.67. The summed E-state index contributed by atoms with van der Waals surface area (Å²) >= 11 is 0. The Morgan fingerprint density at radius 3 is 2.75 bits per heavy atom. The van der Waals surface area contributed by atoms with E-state index in [-0.39, 0.29) is 23.7 Å². The van der Waals surface area contributed by atoms with Gasteiger partial charge in [0.25, 0.3) is 0 Å². The third-order valence-corrected chi connectivity index (χ3v) is 6.08. The SMILES string of the molecule is CCOC(=O)C(CCc1ccccc1)NC(C)C(=O)C1CCC2CC(O)NC21. The van der Waals surface area contributed by atoms with Crippen molar-refractivity contribution in [2.45, 2.75) is 70.3 Å². The van der Waals surface area contributed by atoms with E-state index in [0.717, 1.165) is 31.2 Å². The van der Waals surface area contributed by atoms with Crippen molar-refractivity contribution in [3.63, 3.8) is 0 Å². The molecule has 1 aromatic carbocycles. The maximum Gasteiger partial charge on any atom is 0.323 e. The minimum atomic E-state index is -0.515. The van der Waals surface area contributed by atoms with Crippen LogP contribution in [-0.4, -0.2) is 47.8 Å². The number of ether oxygens (including phenoxy) is 1. The van der Waals surface area contributed by atoms with Gasteiger partial charge >= 0.3 is 5.97 Å². The summed E-state index contributed by atoms with van der Waals surface area (Å²) in [4.78, 5) is 25.5. The Morgan fingerprint density at radius 1 is 1.29 bits per heavy atom. The molecule has 2 aliphatic rings. The fourth-order valence-corrected chi connectivity index (χ4v) is 4.67.